The summed E-state index contributed by atoms with van der Waals surface area (Å²) in [4.78, 5) is 18.7. The van der Waals surface area contributed by atoms with Crippen LogP contribution in [0.3, 0.4) is 0 Å². The number of ether oxygens (including phenoxy) is 1. The molecule has 1 saturated heterocycles. The van der Waals surface area contributed by atoms with Gasteiger partial charge in [-0.05, 0) is 56.5 Å². The molecule has 1 aromatic carbocycles. The number of hydrogen-bond acceptors (Lipinski definition) is 4. The third-order valence-electron chi connectivity index (χ3n) is 5.32. The van der Waals surface area contributed by atoms with Crippen LogP contribution in [0.5, 0.6) is 5.75 Å². The summed E-state index contributed by atoms with van der Waals surface area (Å²) >= 11 is 0. The van der Waals surface area contributed by atoms with Crippen LogP contribution in [0.4, 0.5) is 0 Å². The summed E-state index contributed by atoms with van der Waals surface area (Å²) in [6.45, 7) is 6.14. The van der Waals surface area contributed by atoms with Crippen molar-refractivity contribution in [3.05, 3.63) is 54.1 Å². The maximum absolute atomic E-state index is 12.1. The van der Waals surface area contributed by atoms with Crippen molar-refractivity contribution in [2.45, 2.75) is 26.3 Å². The van der Waals surface area contributed by atoms with E-state index in [2.05, 4.69) is 39.5 Å². The molecule has 1 amide bonds. The van der Waals surface area contributed by atoms with Gasteiger partial charge in [0, 0.05) is 25.5 Å². The fourth-order valence-electron chi connectivity index (χ4n) is 3.47. The Morgan fingerprint density at radius 2 is 2.04 bits per heavy atom. The van der Waals surface area contributed by atoms with Crippen LogP contribution in [-0.2, 0) is 11.3 Å². The largest absolute Gasteiger partial charge is 0.497 e. The first-order valence-electron chi connectivity index (χ1n) is 9.91. The molecule has 0 saturated carbocycles. The van der Waals surface area contributed by atoms with Crippen LogP contribution in [0.2, 0.25) is 0 Å². The molecule has 2 aromatic rings. The number of benzene rings is 1. The molecule has 1 fully saturated rings. The highest BCUT2D eigenvalue weighted by molar-refractivity contribution is 5.75. The number of hydrogen-bond donors (Lipinski definition) is 1. The molecule has 1 N–H and O–H groups in total. The molecule has 28 heavy (non-hydrogen) atoms. The second-order valence-corrected chi connectivity index (χ2v) is 7.33. The van der Waals surface area contributed by atoms with Gasteiger partial charge in [-0.2, -0.15) is 0 Å². The molecule has 0 unspecified atom stereocenters. The zero-order valence-corrected chi connectivity index (χ0v) is 16.8. The molecule has 2 heterocycles. The SMILES string of the molecule is COc1ccc(C=CCN2CCC(CNC(=O)Cn3ccnc3C)CC2)cc1. The molecule has 6 nitrogen and oxygen atoms in total. The Morgan fingerprint density at radius 1 is 1.29 bits per heavy atom. The van der Waals surface area contributed by atoms with Crippen LogP contribution in [0, 0.1) is 12.8 Å². The molecule has 1 aliphatic rings. The summed E-state index contributed by atoms with van der Waals surface area (Å²) in [5, 5.41) is 3.08. The number of methoxy groups -OCH3 is 1. The van der Waals surface area contributed by atoms with Crippen molar-refractivity contribution in [3.8, 4) is 5.75 Å². The van der Waals surface area contributed by atoms with E-state index in [1.54, 1.807) is 13.3 Å². The topological polar surface area (TPSA) is 59.4 Å². The van der Waals surface area contributed by atoms with Crippen molar-refractivity contribution < 1.29 is 9.53 Å². The molecule has 6 heteroatoms. The van der Waals surface area contributed by atoms with Gasteiger partial charge >= 0.3 is 0 Å². The Balaban J connectivity index is 1.33. The smallest absolute Gasteiger partial charge is 0.239 e. The van der Waals surface area contributed by atoms with Crippen molar-refractivity contribution in [1.82, 2.24) is 19.8 Å². The molecule has 1 aromatic heterocycles. The molecule has 1 aliphatic heterocycles. The number of imidazole rings is 1. The zero-order valence-electron chi connectivity index (χ0n) is 16.8. The zero-order chi connectivity index (χ0) is 19.8. The minimum atomic E-state index is 0.0611. The van der Waals surface area contributed by atoms with Crippen molar-refractivity contribution in [3.63, 3.8) is 0 Å². The second-order valence-electron chi connectivity index (χ2n) is 7.33. The number of nitrogens with one attached hydrogen (secondary N) is 1. The van der Waals surface area contributed by atoms with Crippen LogP contribution < -0.4 is 10.1 Å². The molecule has 3 rings (SSSR count). The molecule has 0 atom stereocenters. The van der Waals surface area contributed by atoms with Crippen LogP contribution in [0.15, 0.2) is 42.7 Å². The first-order chi connectivity index (χ1) is 13.6. The quantitative estimate of drug-likeness (QED) is 0.763. The number of carbonyl (C=O) groups is 1. The standard InChI is InChI=1S/C22H30N4O2/c1-18-23-11-15-26(18)17-22(27)24-16-20-9-13-25(14-10-20)12-3-4-19-5-7-21(28-2)8-6-19/h3-8,11,15,20H,9-10,12-14,16-17H2,1-2H3,(H,24,27). The van der Waals surface area contributed by atoms with E-state index < -0.39 is 0 Å². The highest BCUT2D eigenvalue weighted by Gasteiger charge is 2.19. The average Bonchev–Trinajstić information content (AvgIpc) is 3.12. The number of nitrogens with zero attached hydrogens (tertiary/aromatic N) is 3. The van der Waals surface area contributed by atoms with Gasteiger partial charge in [0.1, 0.15) is 18.1 Å². The van der Waals surface area contributed by atoms with Gasteiger partial charge in [-0.15, -0.1) is 0 Å². The van der Waals surface area contributed by atoms with E-state index >= 15 is 0 Å². The fourth-order valence-corrected chi connectivity index (χ4v) is 3.47. The first-order valence-corrected chi connectivity index (χ1v) is 9.91. The lowest BCUT2D eigenvalue weighted by atomic mass is 9.97. The molecule has 0 radical (unpaired) electrons. The minimum Gasteiger partial charge on any atom is -0.497 e. The maximum Gasteiger partial charge on any atom is 0.239 e. The van der Waals surface area contributed by atoms with Crippen molar-refractivity contribution in [2.75, 3.05) is 33.3 Å². The Morgan fingerprint density at radius 3 is 2.68 bits per heavy atom. The molecule has 0 spiro atoms. The normalized spacial score (nSPS) is 15.8. The van der Waals surface area contributed by atoms with Gasteiger partial charge in [-0.3, -0.25) is 9.69 Å². The Bertz CT molecular complexity index is 774. The van der Waals surface area contributed by atoms with E-state index in [1.807, 2.05) is 29.8 Å². The van der Waals surface area contributed by atoms with Crippen LogP contribution >= 0.6 is 0 Å². The summed E-state index contributed by atoms with van der Waals surface area (Å²) in [5.74, 6) is 2.37. The third-order valence-corrected chi connectivity index (χ3v) is 5.32. The number of amides is 1. The number of aromatic nitrogens is 2. The van der Waals surface area contributed by atoms with Gasteiger partial charge in [-0.1, -0.05) is 24.3 Å². The van der Waals surface area contributed by atoms with Crippen molar-refractivity contribution in [1.29, 1.82) is 0 Å². The van der Waals surface area contributed by atoms with Crippen LogP contribution in [-0.4, -0.2) is 53.6 Å². The van der Waals surface area contributed by atoms with Gasteiger partial charge in [0.2, 0.25) is 5.91 Å². The summed E-state index contributed by atoms with van der Waals surface area (Å²) in [5.41, 5.74) is 1.19. The van der Waals surface area contributed by atoms with Crippen molar-refractivity contribution >= 4 is 12.0 Å². The fraction of sp³-hybridized carbons (Fsp3) is 0.455. The van der Waals surface area contributed by atoms with Gasteiger partial charge in [0.05, 0.1) is 7.11 Å². The van der Waals surface area contributed by atoms with Gasteiger partial charge in [-0.25, -0.2) is 4.98 Å². The van der Waals surface area contributed by atoms with Gasteiger partial charge in [0.25, 0.3) is 0 Å². The Hall–Kier alpha value is -2.60. The van der Waals surface area contributed by atoms with Crippen LogP contribution in [0.25, 0.3) is 6.08 Å². The lowest BCUT2D eigenvalue weighted by Crippen LogP contribution is -2.39. The summed E-state index contributed by atoms with van der Waals surface area (Å²) < 4.78 is 7.05. The summed E-state index contributed by atoms with van der Waals surface area (Å²) in [7, 11) is 1.68. The van der Waals surface area contributed by atoms with E-state index in [-0.39, 0.29) is 5.91 Å². The van der Waals surface area contributed by atoms with E-state index in [1.165, 1.54) is 5.56 Å². The monoisotopic (exact) mass is 382 g/mol. The number of piperidine rings is 1. The number of aryl methyl sites for hydroxylation is 1. The highest BCUT2D eigenvalue weighted by Crippen LogP contribution is 2.17. The van der Waals surface area contributed by atoms with E-state index in [9.17, 15) is 4.79 Å². The number of likely N-dealkylation sites (tertiary alicyclic amines) is 1. The van der Waals surface area contributed by atoms with Crippen molar-refractivity contribution in [2.24, 2.45) is 5.92 Å². The predicted molar refractivity (Wildman–Crippen MR) is 111 cm³/mol. The number of carbonyl (C=O) groups excluding carboxylic acids is 1. The second kappa shape index (κ2) is 10.1. The summed E-state index contributed by atoms with van der Waals surface area (Å²) in [6.07, 6.45) is 10.2. The van der Waals surface area contributed by atoms with E-state index in [0.717, 1.165) is 50.6 Å². The van der Waals surface area contributed by atoms with E-state index in [4.69, 9.17) is 4.74 Å². The minimum absolute atomic E-state index is 0.0611. The molecular formula is C22H30N4O2. The van der Waals surface area contributed by atoms with Gasteiger partial charge < -0.3 is 14.6 Å². The lowest BCUT2D eigenvalue weighted by molar-refractivity contribution is -0.121. The lowest BCUT2D eigenvalue weighted by Gasteiger charge is -2.31. The molecule has 150 valence electrons. The molecule has 0 aliphatic carbocycles. The number of rotatable bonds is 8. The first kappa shape index (κ1) is 20.1. The van der Waals surface area contributed by atoms with E-state index in [0.29, 0.717) is 12.5 Å². The third kappa shape index (κ3) is 5.96. The predicted octanol–water partition coefficient (Wildman–Crippen LogP) is 2.74. The highest BCUT2D eigenvalue weighted by atomic mass is 16.5. The molecule has 0 bridgehead atoms. The Labute approximate surface area is 167 Å². The summed E-state index contributed by atoms with van der Waals surface area (Å²) in [6, 6.07) is 8.09. The average molecular weight is 383 g/mol. The van der Waals surface area contributed by atoms with Gasteiger partial charge in [0.15, 0.2) is 0 Å². The van der Waals surface area contributed by atoms with Crippen LogP contribution in [0.1, 0.15) is 24.2 Å². The maximum atomic E-state index is 12.1. The molecular weight excluding hydrogens is 352 g/mol. The Kier molecular flexibility index (Phi) is 7.25.